The van der Waals surface area contributed by atoms with Crippen LogP contribution in [0.4, 0.5) is 11.4 Å². The van der Waals surface area contributed by atoms with E-state index in [9.17, 15) is 14.7 Å². The largest absolute Gasteiger partial charge is 0.508 e. The van der Waals surface area contributed by atoms with Crippen molar-refractivity contribution >= 4 is 11.4 Å². The Hall–Kier alpha value is -3.56. The van der Waals surface area contributed by atoms with Gasteiger partial charge < -0.3 is 20.6 Å². The van der Waals surface area contributed by atoms with Crippen LogP contribution in [0.5, 0.6) is 5.75 Å². The van der Waals surface area contributed by atoms with Gasteiger partial charge in [0.05, 0.1) is 0 Å². The summed E-state index contributed by atoms with van der Waals surface area (Å²) in [6.45, 7) is 1.13. The minimum Gasteiger partial charge on any atom is -0.508 e. The third-order valence-corrected chi connectivity index (χ3v) is 5.12. The van der Waals surface area contributed by atoms with E-state index in [1.165, 1.54) is 5.56 Å². The Kier molecular flexibility index (Phi) is 8.86. The lowest BCUT2D eigenvalue weighted by molar-refractivity contribution is 0.303. The first-order chi connectivity index (χ1) is 15.0. The molecule has 0 aromatic heterocycles. The van der Waals surface area contributed by atoms with Crippen LogP contribution in [-0.4, -0.2) is 43.2 Å². The van der Waals surface area contributed by atoms with E-state index in [1.54, 1.807) is 12.1 Å². The summed E-state index contributed by atoms with van der Waals surface area (Å²) >= 11 is 0. The molecule has 0 fully saturated rings. The second-order valence-corrected chi connectivity index (χ2v) is 7.44. The number of aromatic hydroxyl groups is 1. The number of phenolic OH excluding ortho intramolecular Hbond substituents is 1. The number of anilines is 2. The maximum atomic E-state index is 12.0. The quantitative estimate of drug-likeness (QED) is 0.346. The maximum absolute atomic E-state index is 12.0. The Labute approximate surface area is 183 Å². The van der Waals surface area contributed by atoms with Crippen LogP contribution in [0, 0.1) is 12.8 Å². The number of rotatable bonds is 10. The molecule has 0 spiro atoms. The monoisotopic (exact) mass is 419 g/mol. The van der Waals surface area contributed by atoms with Gasteiger partial charge in [-0.2, -0.15) is 0 Å². The van der Waals surface area contributed by atoms with Crippen molar-refractivity contribution in [2.45, 2.75) is 18.9 Å². The number of hydrogen-bond donors (Lipinski definition) is 3. The SMILES string of the molecule is C#C.CN(C)[C@H](CNc1c(NCCc2ccccc2)c(=O)c1=O)Cc1ccc(O)cc1. The van der Waals surface area contributed by atoms with E-state index in [1.807, 2.05) is 56.6 Å². The first-order valence-corrected chi connectivity index (χ1v) is 10.1. The predicted molar refractivity (Wildman–Crippen MR) is 128 cm³/mol. The smallest absolute Gasteiger partial charge is 0.253 e. The van der Waals surface area contributed by atoms with E-state index in [4.69, 9.17) is 0 Å². The van der Waals surface area contributed by atoms with Gasteiger partial charge in [-0.25, -0.2) is 0 Å². The van der Waals surface area contributed by atoms with Gasteiger partial charge in [0.1, 0.15) is 17.1 Å². The van der Waals surface area contributed by atoms with Crippen molar-refractivity contribution in [1.29, 1.82) is 0 Å². The minimum absolute atomic E-state index is 0.126. The van der Waals surface area contributed by atoms with Crippen LogP contribution in [-0.2, 0) is 12.8 Å². The lowest BCUT2D eigenvalue weighted by atomic mass is 10.0. The summed E-state index contributed by atoms with van der Waals surface area (Å²) in [6, 6.07) is 17.2. The Morgan fingerprint density at radius 2 is 1.45 bits per heavy atom. The van der Waals surface area contributed by atoms with Gasteiger partial charge in [0.2, 0.25) is 0 Å². The van der Waals surface area contributed by atoms with Gasteiger partial charge in [0.15, 0.2) is 0 Å². The molecule has 31 heavy (non-hydrogen) atoms. The minimum atomic E-state index is -0.464. The molecule has 0 radical (unpaired) electrons. The number of phenols is 1. The first kappa shape index (κ1) is 23.7. The van der Waals surface area contributed by atoms with Crippen molar-refractivity contribution in [2.24, 2.45) is 0 Å². The molecule has 0 aliphatic carbocycles. The Morgan fingerprint density at radius 3 is 2.03 bits per heavy atom. The fourth-order valence-electron chi connectivity index (χ4n) is 3.27. The lowest BCUT2D eigenvalue weighted by Crippen LogP contribution is -2.42. The van der Waals surface area contributed by atoms with E-state index in [0.29, 0.717) is 24.5 Å². The highest BCUT2D eigenvalue weighted by molar-refractivity contribution is 5.74. The molecule has 0 amide bonds. The zero-order chi connectivity index (χ0) is 22.8. The molecule has 0 heterocycles. The van der Waals surface area contributed by atoms with E-state index in [0.717, 1.165) is 18.4 Å². The molecule has 3 rings (SSSR count). The lowest BCUT2D eigenvalue weighted by Gasteiger charge is -2.26. The third kappa shape index (κ3) is 6.46. The highest BCUT2D eigenvalue weighted by atomic mass is 16.3. The fourth-order valence-corrected chi connectivity index (χ4v) is 3.27. The average molecular weight is 420 g/mol. The predicted octanol–water partition coefficient (Wildman–Crippen LogP) is 2.48. The summed E-state index contributed by atoms with van der Waals surface area (Å²) in [5, 5.41) is 15.7. The van der Waals surface area contributed by atoms with E-state index in [-0.39, 0.29) is 11.8 Å². The molecule has 3 aromatic rings. The fraction of sp³-hybridized carbons (Fsp3) is 0.280. The van der Waals surface area contributed by atoms with Crippen LogP contribution in [0.1, 0.15) is 11.1 Å². The van der Waals surface area contributed by atoms with E-state index >= 15 is 0 Å². The molecular weight excluding hydrogens is 390 g/mol. The summed E-state index contributed by atoms with van der Waals surface area (Å²) < 4.78 is 0. The molecule has 162 valence electrons. The number of benzene rings is 2. The standard InChI is InChI=1S/C23H27N3O3.C2H2/c1-26(2)18(14-17-8-10-19(27)11-9-17)15-25-21-20(22(28)23(21)29)24-13-12-16-6-4-3-5-7-16;1-2/h3-11,18,24-25,27H,12-15H2,1-2H3;1-2H/t18-;/m0./s1. The van der Waals surface area contributed by atoms with Crippen LogP contribution in [0.15, 0.2) is 64.2 Å². The van der Waals surface area contributed by atoms with Crippen molar-refractivity contribution in [3.8, 4) is 18.6 Å². The van der Waals surface area contributed by atoms with Gasteiger partial charge in [-0.3, -0.25) is 9.59 Å². The molecule has 0 bridgehead atoms. The van der Waals surface area contributed by atoms with E-state index < -0.39 is 10.9 Å². The number of nitrogens with zero attached hydrogens (tertiary/aromatic N) is 1. The maximum Gasteiger partial charge on any atom is 0.253 e. The van der Waals surface area contributed by atoms with Gasteiger partial charge in [0, 0.05) is 19.1 Å². The normalized spacial score (nSPS) is 11.5. The molecule has 3 aromatic carbocycles. The molecule has 6 heteroatoms. The van der Waals surface area contributed by atoms with Gasteiger partial charge in [0.25, 0.3) is 10.9 Å². The molecule has 0 unspecified atom stereocenters. The topological polar surface area (TPSA) is 81.7 Å². The molecule has 0 aliphatic rings. The molecule has 0 aliphatic heterocycles. The molecule has 6 nitrogen and oxygen atoms in total. The summed E-state index contributed by atoms with van der Waals surface area (Å²) in [5.74, 6) is 0.239. The first-order valence-electron chi connectivity index (χ1n) is 10.1. The van der Waals surface area contributed by atoms with E-state index in [2.05, 4.69) is 28.4 Å². The zero-order valence-electron chi connectivity index (χ0n) is 18.0. The summed E-state index contributed by atoms with van der Waals surface area (Å²) in [5.41, 5.74) is 2.10. The third-order valence-electron chi connectivity index (χ3n) is 5.12. The molecule has 0 saturated heterocycles. The van der Waals surface area contributed by atoms with Crippen LogP contribution in [0.25, 0.3) is 0 Å². The van der Waals surface area contributed by atoms with Crippen molar-refractivity contribution in [3.63, 3.8) is 0 Å². The summed E-state index contributed by atoms with van der Waals surface area (Å²) in [7, 11) is 3.96. The van der Waals surface area contributed by atoms with Crippen molar-refractivity contribution < 1.29 is 5.11 Å². The van der Waals surface area contributed by atoms with Crippen LogP contribution >= 0.6 is 0 Å². The second-order valence-electron chi connectivity index (χ2n) is 7.44. The van der Waals surface area contributed by atoms with Gasteiger partial charge in [-0.05, 0) is 50.2 Å². The summed E-state index contributed by atoms with van der Waals surface area (Å²) in [6.07, 6.45) is 9.53. The second kappa shape index (κ2) is 11.6. The van der Waals surface area contributed by atoms with Crippen molar-refractivity contribution in [2.75, 3.05) is 37.8 Å². The Bertz CT molecular complexity index is 1030. The molecule has 3 N–H and O–H groups in total. The van der Waals surface area contributed by atoms with Crippen molar-refractivity contribution in [1.82, 2.24) is 4.90 Å². The number of nitrogens with one attached hydrogen (secondary N) is 2. The Balaban J connectivity index is 0.00000166. The highest BCUT2D eigenvalue weighted by Crippen LogP contribution is 2.17. The molecule has 1 atom stereocenters. The molecular formula is C25H29N3O3. The van der Waals surface area contributed by atoms with Gasteiger partial charge >= 0.3 is 0 Å². The van der Waals surface area contributed by atoms with Crippen LogP contribution < -0.4 is 21.5 Å². The average Bonchev–Trinajstić information content (AvgIpc) is 2.80. The highest BCUT2D eigenvalue weighted by Gasteiger charge is 2.22. The van der Waals surface area contributed by atoms with Crippen molar-refractivity contribution in [3.05, 3.63) is 86.2 Å². The van der Waals surface area contributed by atoms with Crippen LogP contribution in [0.2, 0.25) is 0 Å². The zero-order valence-corrected chi connectivity index (χ0v) is 18.0. The molecule has 0 saturated carbocycles. The van der Waals surface area contributed by atoms with Gasteiger partial charge in [-0.15, -0.1) is 12.8 Å². The number of hydrogen-bond acceptors (Lipinski definition) is 6. The number of likely N-dealkylation sites (N-methyl/N-ethyl adjacent to an activating group) is 1. The number of terminal acetylenes is 1. The van der Waals surface area contributed by atoms with Crippen LogP contribution in [0.3, 0.4) is 0 Å². The van der Waals surface area contributed by atoms with Gasteiger partial charge in [-0.1, -0.05) is 42.5 Å². The Morgan fingerprint density at radius 1 is 0.871 bits per heavy atom. The summed E-state index contributed by atoms with van der Waals surface area (Å²) in [4.78, 5) is 26.1.